The number of nitrogens with zero attached hydrogens (tertiary/aromatic N) is 2. The topological polar surface area (TPSA) is 319 Å². The van der Waals surface area contributed by atoms with Gasteiger partial charge in [0.15, 0.2) is 24.5 Å². The Morgan fingerprint density at radius 3 is 1.87 bits per heavy atom. The normalized spacial score (nSPS) is 46.5. The molecular weight excluding hydrogens is 526 g/mol. The summed E-state index contributed by atoms with van der Waals surface area (Å²) < 4.78 is 23.6. The molecule has 18 nitrogen and oxygen atoms in total. The minimum atomic E-state index is -1.73. The minimum absolute atomic E-state index is 0.431. The van der Waals surface area contributed by atoms with Gasteiger partial charge in [0, 0.05) is 5.92 Å². The minimum Gasteiger partial charge on any atom is -0.396 e. The van der Waals surface area contributed by atoms with Crippen LogP contribution in [0.3, 0.4) is 0 Å². The van der Waals surface area contributed by atoms with Gasteiger partial charge in [0.2, 0.25) is 0 Å². The van der Waals surface area contributed by atoms with Crippen LogP contribution >= 0.6 is 0 Å². The van der Waals surface area contributed by atoms with Crippen molar-refractivity contribution in [3.05, 3.63) is 0 Å². The molecule has 2 aliphatic heterocycles. The lowest BCUT2D eigenvalue weighted by atomic mass is 9.81. The number of aliphatic imine (C=N–C) groups is 2. The Hall–Kier alpha value is -1.94. The molecule has 0 radical (unpaired) electrons. The van der Waals surface area contributed by atoms with E-state index in [1.54, 1.807) is 6.92 Å². The van der Waals surface area contributed by atoms with Crippen LogP contribution in [0.2, 0.25) is 0 Å². The predicted molar refractivity (Wildman–Crippen MR) is 132 cm³/mol. The van der Waals surface area contributed by atoms with Crippen molar-refractivity contribution < 1.29 is 54.7 Å². The molecular formula is C21H41N7O11. The second kappa shape index (κ2) is 13.1. The standard InChI is InChI=1S/C21H41N7O11/c1-5-6(3-29)16(38-18-10(26-2)14(34)11(31)7(4-30)37-18)19(36-5)39-17-9(28-21(24)25)12(32)8(27-20(22)23)13(33)15(17)35/h5-19,26,29-35H,3-4H2,1-2H3,(H4,22,23,27)(H4,24,25,28)/t5-,6-,7-,8+,9-,10-,11-,12+,13-,14-,15+,16+,17+,18-,19-/m0/s1. The predicted octanol–water partition coefficient (Wildman–Crippen LogP) is -7.48. The van der Waals surface area contributed by atoms with Gasteiger partial charge in [-0.2, -0.15) is 0 Å². The van der Waals surface area contributed by atoms with Crippen LogP contribution in [0.5, 0.6) is 0 Å². The molecule has 0 amide bonds. The number of nitrogens with two attached hydrogens (primary N) is 4. The molecule has 16 N–H and O–H groups in total. The molecule has 0 aromatic heterocycles. The smallest absolute Gasteiger partial charge is 0.186 e. The van der Waals surface area contributed by atoms with Gasteiger partial charge in [0.05, 0.1) is 25.4 Å². The fraction of sp³-hybridized carbons (Fsp3) is 0.905. The average molecular weight is 568 g/mol. The fourth-order valence-electron chi connectivity index (χ4n) is 5.21. The van der Waals surface area contributed by atoms with Crippen LogP contribution in [0.25, 0.3) is 0 Å². The van der Waals surface area contributed by atoms with E-state index in [4.69, 9.17) is 41.9 Å². The molecule has 0 bridgehead atoms. The van der Waals surface area contributed by atoms with Crippen molar-refractivity contribution in [1.29, 1.82) is 0 Å². The van der Waals surface area contributed by atoms with Crippen LogP contribution in [-0.4, -0.2) is 154 Å². The Morgan fingerprint density at radius 1 is 0.744 bits per heavy atom. The maximum atomic E-state index is 10.9. The zero-order chi connectivity index (χ0) is 29.2. The number of ether oxygens (including phenoxy) is 4. The quantitative estimate of drug-likeness (QED) is 0.0908. The third-order valence-electron chi connectivity index (χ3n) is 7.32. The number of aliphatic hydroxyl groups excluding tert-OH is 7. The monoisotopic (exact) mass is 567 g/mol. The van der Waals surface area contributed by atoms with Crippen molar-refractivity contribution in [2.75, 3.05) is 20.3 Å². The lowest BCUT2D eigenvalue weighted by Gasteiger charge is -2.45. The van der Waals surface area contributed by atoms with Crippen molar-refractivity contribution in [3.8, 4) is 0 Å². The molecule has 18 heteroatoms. The van der Waals surface area contributed by atoms with Crippen LogP contribution in [0.15, 0.2) is 9.98 Å². The van der Waals surface area contributed by atoms with Crippen LogP contribution in [0.1, 0.15) is 6.92 Å². The van der Waals surface area contributed by atoms with Gasteiger partial charge < -0.3 is 82.9 Å². The summed E-state index contributed by atoms with van der Waals surface area (Å²) in [5.74, 6) is -1.63. The van der Waals surface area contributed by atoms with Gasteiger partial charge in [0.25, 0.3) is 0 Å². The van der Waals surface area contributed by atoms with Crippen molar-refractivity contribution in [2.24, 2.45) is 38.8 Å². The molecule has 2 saturated heterocycles. The molecule has 0 aromatic carbocycles. The molecule has 0 spiro atoms. The summed E-state index contributed by atoms with van der Waals surface area (Å²) >= 11 is 0. The molecule has 39 heavy (non-hydrogen) atoms. The highest BCUT2D eigenvalue weighted by atomic mass is 16.8. The first-order valence-corrected chi connectivity index (χ1v) is 12.4. The highest BCUT2D eigenvalue weighted by Gasteiger charge is 2.55. The van der Waals surface area contributed by atoms with Gasteiger partial charge in [-0.05, 0) is 14.0 Å². The number of hydrogen-bond acceptors (Lipinski definition) is 14. The molecule has 1 aliphatic carbocycles. The van der Waals surface area contributed by atoms with Gasteiger partial charge in [-0.1, -0.05) is 0 Å². The average Bonchev–Trinajstić information content (AvgIpc) is 3.17. The largest absolute Gasteiger partial charge is 0.396 e. The maximum absolute atomic E-state index is 10.9. The van der Waals surface area contributed by atoms with Crippen molar-refractivity contribution in [2.45, 2.75) is 92.6 Å². The van der Waals surface area contributed by atoms with Crippen LogP contribution < -0.4 is 28.3 Å². The van der Waals surface area contributed by atoms with Crippen molar-refractivity contribution >= 4 is 11.9 Å². The van der Waals surface area contributed by atoms with Crippen LogP contribution in [-0.2, 0) is 18.9 Å². The molecule has 0 unspecified atom stereocenters. The second-order valence-electron chi connectivity index (χ2n) is 9.84. The third-order valence-corrected chi connectivity index (χ3v) is 7.32. The number of rotatable bonds is 9. The second-order valence-corrected chi connectivity index (χ2v) is 9.84. The summed E-state index contributed by atoms with van der Waals surface area (Å²) in [7, 11) is 1.50. The molecule has 3 rings (SSSR count). The fourth-order valence-corrected chi connectivity index (χ4v) is 5.21. The van der Waals surface area contributed by atoms with Crippen LogP contribution in [0.4, 0.5) is 0 Å². The van der Waals surface area contributed by atoms with E-state index >= 15 is 0 Å². The molecule has 2 heterocycles. The molecule has 3 fully saturated rings. The van der Waals surface area contributed by atoms with Gasteiger partial charge >= 0.3 is 0 Å². The Morgan fingerprint density at radius 2 is 1.33 bits per heavy atom. The summed E-state index contributed by atoms with van der Waals surface area (Å²) in [5.41, 5.74) is 21.9. The summed E-state index contributed by atoms with van der Waals surface area (Å²) in [6.45, 7) is 0.590. The van der Waals surface area contributed by atoms with E-state index in [0.29, 0.717) is 0 Å². The SMILES string of the molecule is CN[C@@H]1[C@H](O[C@H]2[C@H](O[C@H]3[C@H](O)[C@@H](O)[C@H](N=C(N)N)[C@@H](O)[C@@H]3N=C(N)N)O[C@@H](C)[C@@H]2CO)O[C@@H](CO)[C@H](O)[C@H]1O. The number of aliphatic hydroxyl groups is 7. The number of hydrogen-bond donors (Lipinski definition) is 12. The lowest BCUT2D eigenvalue weighted by Crippen LogP contribution is -2.65. The number of guanidine groups is 2. The Kier molecular flexibility index (Phi) is 10.6. The number of likely N-dealkylation sites (N-methyl/N-ethyl adjacent to an activating group) is 1. The highest BCUT2D eigenvalue weighted by molar-refractivity contribution is 5.76. The summed E-state index contributed by atoms with van der Waals surface area (Å²) in [4.78, 5) is 7.73. The van der Waals surface area contributed by atoms with Crippen molar-refractivity contribution in [1.82, 2.24) is 5.32 Å². The first kappa shape index (κ1) is 31.6. The van der Waals surface area contributed by atoms with E-state index in [1.165, 1.54) is 7.05 Å². The molecule has 15 atom stereocenters. The molecule has 1 saturated carbocycles. The third kappa shape index (κ3) is 6.53. The molecule has 226 valence electrons. The molecule has 0 aromatic rings. The first-order valence-electron chi connectivity index (χ1n) is 12.4. The van der Waals surface area contributed by atoms with Crippen molar-refractivity contribution in [3.63, 3.8) is 0 Å². The van der Waals surface area contributed by atoms with E-state index in [0.717, 1.165) is 0 Å². The zero-order valence-corrected chi connectivity index (χ0v) is 21.5. The Bertz CT molecular complexity index is 864. The highest BCUT2D eigenvalue weighted by Crippen LogP contribution is 2.37. The summed E-state index contributed by atoms with van der Waals surface area (Å²) in [6, 6.07) is -3.73. The molecule has 3 aliphatic rings. The van der Waals surface area contributed by atoms with Crippen LogP contribution in [0, 0.1) is 5.92 Å². The summed E-state index contributed by atoms with van der Waals surface area (Å²) in [6.07, 6.45) is -14.9. The Labute approximate surface area is 224 Å². The first-order chi connectivity index (χ1) is 18.4. The van der Waals surface area contributed by atoms with Gasteiger partial charge in [-0.15, -0.1) is 0 Å². The van der Waals surface area contributed by atoms with E-state index in [-0.39, 0.29) is 0 Å². The van der Waals surface area contributed by atoms with E-state index in [1.807, 2.05) is 0 Å². The summed E-state index contributed by atoms with van der Waals surface area (Å²) in [5, 5.41) is 75.7. The van der Waals surface area contributed by atoms with E-state index in [2.05, 4.69) is 15.3 Å². The van der Waals surface area contributed by atoms with Gasteiger partial charge in [-0.3, -0.25) is 0 Å². The van der Waals surface area contributed by atoms with E-state index < -0.39 is 117 Å². The Balaban J connectivity index is 1.91. The van der Waals surface area contributed by atoms with Gasteiger partial charge in [-0.25, -0.2) is 9.98 Å². The zero-order valence-electron chi connectivity index (χ0n) is 21.5. The number of nitrogens with one attached hydrogen (secondary N) is 1. The lowest BCUT2D eigenvalue weighted by molar-refractivity contribution is -0.310. The van der Waals surface area contributed by atoms with Gasteiger partial charge in [0.1, 0.15) is 60.9 Å². The van der Waals surface area contributed by atoms with E-state index in [9.17, 15) is 35.7 Å². The maximum Gasteiger partial charge on any atom is 0.186 e.